The fourth-order valence-electron chi connectivity index (χ4n) is 4.33. The highest BCUT2D eigenvalue weighted by atomic mass is 16.5. The lowest BCUT2D eigenvalue weighted by atomic mass is 9.97. The fourth-order valence-corrected chi connectivity index (χ4v) is 4.33. The molecule has 2 saturated heterocycles. The fraction of sp³-hybridized carbons (Fsp3) is 0.455. The Morgan fingerprint density at radius 3 is 2.38 bits per heavy atom. The van der Waals surface area contributed by atoms with Crippen LogP contribution in [0.2, 0.25) is 0 Å². The second-order valence-electron chi connectivity index (χ2n) is 7.97. The second kappa shape index (κ2) is 8.19. The van der Waals surface area contributed by atoms with Gasteiger partial charge in [0.1, 0.15) is 11.4 Å². The van der Waals surface area contributed by atoms with Crippen LogP contribution >= 0.6 is 0 Å². The lowest BCUT2D eigenvalue weighted by Gasteiger charge is -2.39. The van der Waals surface area contributed by atoms with Gasteiger partial charge in [-0.2, -0.15) is 0 Å². The Labute approximate surface area is 170 Å². The maximum absolute atomic E-state index is 12.8. The summed E-state index contributed by atoms with van der Waals surface area (Å²) in [5.41, 5.74) is 2.26. The van der Waals surface area contributed by atoms with Crippen LogP contribution in [0.25, 0.3) is 0 Å². The Hall–Kier alpha value is -2.96. The molecular formula is C22H26N4O3. The van der Waals surface area contributed by atoms with E-state index in [1.807, 2.05) is 43.0 Å². The summed E-state index contributed by atoms with van der Waals surface area (Å²) < 4.78 is 5.68. The van der Waals surface area contributed by atoms with Crippen LogP contribution in [0.3, 0.4) is 0 Å². The number of rotatable bonds is 5. The standard InChI is InChI=1S/C22H26N4O3/c1-14-3-7-19(8-4-14)29-13-21(27)26-17-5-6-18(26)10-16(9-17)25-22(28)20-12-23-15(2)11-24-20/h3-4,7-8,11-12,16-18H,5-6,9-10,13H2,1-2H3,(H,25,28). The number of hydrogen-bond donors (Lipinski definition) is 1. The van der Waals surface area contributed by atoms with E-state index in [0.717, 1.165) is 36.9 Å². The van der Waals surface area contributed by atoms with Gasteiger partial charge in [-0.1, -0.05) is 17.7 Å². The number of nitrogens with zero attached hydrogens (tertiary/aromatic N) is 3. The molecule has 2 aliphatic heterocycles. The molecule has 0 saturated carbocycles. The van der Waals surface area contributed by atoms with E-state index < -0.39 is 0 Å². The minimum atomic E-state index is -0.204. The smallest absolute Gasteiger partial charge is 0.271 e. The van der Waals surface area contributed by atoms with Crippen molar-refractivity contribution in [3.8, 4) is 5.75 Å². The Balaban J connectivity index is 1.32. The molecule has 3 heterocycles. The highest BCUT2D eigenvalue weighted by Gasteiger charge is 2.43. The van der Waals surface area contributed by atoms with Crippen molar-refractivity contribution < 1.29 is 14.3 Å². The van der Waals surface area contributed by atoms with Crippen molar-refractivity contribution in [2.45, 2.75) is 57.7 Å². The summed E-state index contributed by atoms with van der Waals surface area (Å²) in [6, 6.07) is 8.05. The van der Waals surface area contributed by atoms with Gasteiger partial charge in [0, 0.05) is 24.3 Å². The molecule has 2 unspecified atom stereocenters. The molecule has 4 rings (SSSR count). The third-order valence-electron chi connectivity index (χ3n) is 5.75. The molecule has 0 radical (unpaired) electrons. The molecule has 1 N–H and O–H groups in total. The van der Waals surface area contributed by atoms with Crippen molar-refractivity contribution in [1.29, 1.82) is 0 Å². The maximum Gasteiger partial charge on any atom is 0.271 e. The zero-order valence-corrected chi connectivity index (χ0v) is 16.8. The van der Waals surface area contributed by atoms with Crippen molar-refractivity contribution in [2.24, 2.45) is 0 Å². The van der Waals surface area contributed by atoms with Gasteiger partial charge in [0.15, 0.2) is 6.61 Å². The predicted octanol–water partition coefficient (Wildman–Crippen LogP) is 2.42. The number of piperidine rings is 1. The van der Waals surface area contributed by atoms with E-state index in [1.165, 1.54) is 6.20 Å². The van der Waals surface area contributed by atoms with Crippen LogP contribution in [0.4, 0.5) is 0 Å². The Kier molecular flexibility index (Phi) is 5.47. The third-order valence-corrected chi connectivity index (χ3v) is 5.75. The van der Waals surface area contributed by atoms with Crippen molar-refractivity contribution in [3.05, 3.63) is 53.6 Å². The maximum atomic E-state index is 12.8. The Morgan fingerprint density at radius 2 is 1.76 bits per heavy atom. The van der Waals surface area contributed by atoms with Gasteiger partial charge in [-0.05, 0) is 51.7 Å². The van der Waals surface area contributed by atoms with Crippen molar-refractivity contribution in [3.63, 3.8) is 0 Å². The molecule has 2 aliphatic rings. The van der Waals surface area contributed by atoms with Crippen LogP contribution in [0.5, 0.6) is 5.75 Å². The Morgan fingerprint density at radius 1 is 1.07 bits per heavy atom. The van der Waals surface area contributed by atoms with E-state index in [1.54, 1.807) is 6.20 Å². The highest BCUT2D eigenvalue weighted by Crippen LogP contribution is 2.36. The number of carbonyl (C=O) groups is 2. The molecule has 2 atom stereocenters. The molecule has 2 fully saturated rings. The summed E-state index contributed by atoms with van der Waals surface area (Å²) in [4.78, 5) is 35.5. The van der Waals surface area contributed by atoms with Crippen LogP contribution in [0.15, 0.2) is 36.7 Å². The number of carbonyl (C=O) groups excluding carboxylic acids is 2. The van der Waals surface area contributed by atoms with E-state index in [-0.39, 0.29) is 36.5 Å². The van der Waals surface area contributed by atoms with E-state index in [9.17, 15) is 9.59 Å². The van der Waals surface area contributed by atoms with Gasteiger partial charge in [0.25, 0.3) is 11.8 Å². The van der Waals surface area contributed by atoms with E-state index in [0.29, 0.717) is 11.4 Å². The molecule has 152 valence electrons. The number of aryl methyl sites for hydroxylation is 2. The summed E-state index contributed by atoms with van der Waals surface area (Å²) >= 11 is 0. The number of fused-ring (bicyclic) bond motifs is 2. The first-order valence-corrected chi connectivity index (χ1v) is 10.1. The van der Waals surface area contributed by atoms with Crippen LogP contribution in [-0.2, 0) is 4.79 Å². The van der Waals surface area contributed by atoms with Gasteiger partial charge in [0.05, 0.1) is 11.9 Å². The number of ether oxygens (including phenoxy) is 1. The normalized spacial score (nSPS) is 23.0. The second-order valence-corrected chi connectivity index (χ2v) is 7.97. The van der Waals surface area contributed by atoms with Crippen LogP contribution < -0.4 is 10.1 Å². The number of benzene rings is 1. The SMILES string of the molecule is Cc1ccc(OCC(=O)N2C3CCC2CC(NC(=O)c2cnc(C)cn2)C3)cc1. The molecule has 29 heavy (non-hydrogen) atoms. The zero-order valence-electron chi connectivity index (χ0n) is 16.8. The van der Waals surface area contributed by atoms with Crippen molar-refractivity contribution >= 4 is 11.8 Å². The minimum absolute atomic E-state index is 0.0206. The number of hydrogen-bond acceptors (Lipinski definition) is 5. The van der Waals surface area contributed by atoms with Gasteiger partial charge in [-0.25, -0.2) is 4.98 Å². The largest absolute Gasteiger partial charge is 0.484 e. The summed E-state index contributed by atoms with van der Waals surface area (Å²) in [5, 5.41) is 3.07. The molecule has 7 heteroatoms. The van der Waals surface area contributed by atoms with Gasteiger partial charge in [-0.15, -0.1) is 0 Å². The first-order chi connectivity index (χ1) is 14.0. The summed E-state index contributed by atoms with van der Waals surface area (Å²) in [7, 11) is 0. The molecular weight excluding hydrogens is 368 g/mol. The number of aromatic nitrogens is 2. The average molecular weight is 394 g/mol. The number of nitrogens with one attached hydrogen (secondary N) is 1. The lowest BCUT2D eigenvalue weighted by Crippen LogP contribution is -2.53. The van der Waals surface area contributed by atoms with Crippen LogP contribution in [0.1, 0.15) is 47.4 Å². The highest BCUT2D eigenvalue weighted by molar-refractivity contribution is 5.92. The van der Waals surface area contributed by atoms with Crippen LogP contribution in [0, 0.1) is 13.8 Å². The van der Waals surface area contributed by atoms with Crippen molar-refractivity contribution in [1.82, 2.24) is 20.2 Å². The molecule has 1 aromatic carbocycles. The minimum Gasteiger partial charge on any atom is -0.484 e. The summed E-state index contributed by atoms with van der Waals surface area (Å²) in [6.07, 6.45) is 6.55. The van der Waals surface area contributed by atoms with Gasteiger partial charge < -0.3 is 15.0 Å². The predicted molar refractivity (Wildman–Crippen MR) is 108 cm³/mol. The monoisotopic (exact) mass is 394 g/mol. The van der Waals surface area contributed by atoms with Gasteiger partial charge in [0.2, 0.25) is 0 Å². The topological polar surface area (TPSA) is 84.4 Å². The zero-order chi connectivity index (χ0) is 20.4. The quantitative estimate of drug-likeness (QED) is 0.842. The van der Waals surface area contributed by atoms with E-state index >= 15 is 0 Å². The molecule has 2 aromatic rings. The van der Waals surface area contributed by atoms with Crippen molar-refractivity contribution in [2.75, 3.05) is 6.61 Å². The molecule has 2 bridgehead atoms. The first-order valence-electron chi connectivity index (χ1n) is 10.1. The summed E-state index contributed by atoms with van der Waals surface area (Å²) in [5.74, 6) is 0.522. The Bertz CT molecular complexity index is 868. The van der Waals surface area contributed by atoms with Gasteiger partial charge in [-0.3, -0.25) is 14.6 Å². The van der Waals surface area contributed by atoms with E-state index in [4.69, 9.17) is 4.74 Å². The molecule has 0 aliphatic carbocycles. The lowest BCUT2D eigenvalue weighted by molar-refractivity contribution is -0.138. The third kappa shape index (κ3) is 4.39. The summed E-state index contributed by atoms with van der Waals surface area (Å²) in [6.45, 7) is 3.90. The first kappa shape index (κ1) is 19.4. The van der Waals surface area contributed by atoms with Gasteiger partial charge >= 0.3 is 0 Å². The average Bonchev–Trinajstić information content (AvgIpc) is 2.98. The van der Waals surface area contributed by atoms with E-state index in [2.05, 4.69) is 15.3 Å². The molecule has 0 spiro atoms. The molecule has 7 nitrogen and oxygen atoms in total. The molecule has 1 aromatic heterocycles. The number of amides is 2. The molecule has 2 amide bonds. The van der Waals surface area contributed by atoms with Crippen LogP contribution in [-0.4, -0.2) is 51.4 Å².